The summed E-state index contributed by atoms with van der Waals surface area (Å²) < 4.78 is 6.08. The van der Waals surface area contributed by atoms with E-state index in [1.54, 1.807) is 0 Å². The van der Waals surface area contributed by atoms with Crippen LogP contribution in [0.4, 0.5) is 5.69 Å². The molecule has 0 aliphatic carbocycles. The summed E-state index contributed by atoms with van der Waals surface area (Å²) in [4.78, 5) is 50.0. The maximum atomic E-state index is 11.9. The number of carbonyl (C=O) groups excluding carboxylic acids is 2. The van der Waals surface area contributed by atoms with Gasteiger partial charge in [-0.15, -0.1) is 0 Å². The van der Waals surface area contributed by atoms with Gasteiger partial charge >= 0.3 is 11.7 Å². The van der Waals surface area contributed by atoms with Crippen molar-refractivity contribution >= 4 is 49.4 Å². The van der Waals surface area contributed by atoms with Crippen LogP contribution >= 0.6 is 31.9 Å². The van der Waals surface area contributed by atoms with Crippen LogP contribution in [0.5, 0.6) is 0 Å². The molecular formula is C14H11Br2N3O5. The largest absolute Gasteiger partial charge is 0.452 e. The Balaban J connectivity index is 2.02. The Morgan fingerprint density at radius 3 is 2.42 bits per heavy atom. The summed E-state index contributed by atoms with van der Waals surface area (Å²) >= 11 is 6.66. The Labute approximate surface area is 151 Å². The van der Waals surface area contributed by atoms with Crippen LogP contribution in [-0.2, 0) is 9.53 Å². The lowest BCUT2D eigenvalue weighted by Gasteiger charge is -2.11. The number of ether oxygens (including phenoxy) is 1. The van der Waals surface area contributed by atoms with Gasteiger partial charge in [0.2, 0.25) is 0 Å². The molecule has 10 heteroatoms. The van der Waals surface area contributed by atoms with E-state index >= 15 is 0 Å². The molecule has 0 saturated carbocycles. The molecule has 0 atom stereocenters. The van der Waals surface area contributed by atoms with Gasteiger partial charge in [0.25, 0.3) is 11.5 Å². The highest BCUT2D eigenvalue weighted by Crippen LogP contribution is 2.32. The SMILES string of the molecule is Cc1cc(Br)c(NC(=O)COC(=O)c2c[nH]c(=O)[nH]c2=O)c(Br)c1. The van der Waals surface area contributed by atoms with Crippen LogP contribution in [0.15, 0.2) is 36.9 Å². The molecule has 0 bridgehead atoms. The zero-order chi connectivity index (χ0) is 17.9. The van der Waals surface area contributed by atoms with Crippen LogP contribution < -0.4 is 16.6 Å². The van der Waals surface area contributed by atoms with E-state index in [9.17, 15) is 19.2 Å². The lowest BCUT2D eigenvalue weighted by molar-refractivity contribution is -0.119. The molecule has 0 unspecified atom stereocenters. The van der Waals surface area contributed by atoms with Crippen LogP contribution in [0.2, 0.25) is 0 Å². The summed E-state index contributed by atoms with van der Waals surface area (Å²) in [5.41, 5.74) is -0.573. The average molecular weight is 461 g/mol. The van der Waals surface area contributed by atoms with Crippen molar-refractivity contribution in [2.24, 2.45) is 0 Å². The molecule has 24 heavy (non-hydrogen) atoms. The second-order valence-electron chi connectivity index (χ2n) is 4.71. The Hall–Kier alpha value is -2.20. The minimum absolute atomic E-state index is 0.403. The summed E-state index contributed by atoms with van der Waals surface area (Å²) in [7, 11) is 0. The normalized spacial score (nSPS) is 10.3. The molecule has 1 heterocycles. The smallest absolute Gasteiger partial charge is 0.345 e. The van der Waals surface area contributed by atoms with E-state index in [1.165, 1.54) is 0 Å². The third-order valence-corrected chi connectivity index (χ3v) is 4.08. The lowest BCUT2D eigenvalue weighted by atomic mass is 10.2. The second-order valence-corrected chi connectivity index (χ2v) is 6.42. The van der Waals surface area contributed by atoms with Crippen molar-refractivity contribution < 1.29 is 14.3 Å². The number of amides is 1. The van der Waals surface area contributed by atoms with Crippen molar-refractivity contribution in [3.63, 3.8) is 0 Å². The molecule has 1 amide bonds. The van der Waals surface area contributed by atoms with E-state index in [1.807, 2.05) is 24.0 Å². The molecule has 8 nitrogen and oxygen atoms in total. The van der Waals surface area contributed by atoms with Crippen molar-refractivity contribution in [3.05, 3.63) is 59.2 Å². The van der Waals surface area contributed by atoms with E-state index in [4.69, 9.17) is 4.74 Å². The number of esters is 1. The maximum absolute atomic E-state index is 11.9. The van der Waals surface area contributed by atoms with Crippen molar-refractivity contribution in [1.29, 1.82) is 0 Å². The molecular weight excluding hydrogens is 450 g/mol. The lowest BCUT2D eigenvalue weighted by Crippen LogP contribution is -2.29. The van der Waals surface area contributed by atoms with Crippen LogP contribution in [0.25, 0.3) is 0 Å². The van der Waals surface area contributed by atoms with Crippen molar-refractivity contribution in [3.8, 4) is 0 Å². The van der Waals surface area contributed by atoms with Crippen LogP contribution in [0, 0.1) is 6.92 Å². The third kappa shape index (κ3) is 4.42. The highest BCUT2D eigenvalue weighted by molar-refractivity contribution is 9.11. The monoisotopic (exact) mass is 459 g/mol. The summed E-state index contributed by atoms with van der Waals surface area (Å²) in [5, 5.41) is 2.58. The van der Waals surface area contributed by atoms with Gasteiger partial charge in [-0.05, 0) is 56.5 Å². The summed E-state index contributed by atoms with van der Waals surface area (Å²) in [5.74, 6) is -1.61. The van der Waals surface area contributed by atoms with Gasteiger partial charge in [0.05, 0.1) is 5.69 Å². The minimum Gasteiger partial charge on any atom is -0.452 e. The number of aryl methyl sites for hydroxylation is 1. The van der Waals surface area contributed by atoms with E-state index in [2.05, 4.69) is 42.2 Å². The molecule has 0 fully saturated rings. The second kappa shape index (κ2) is 7.58. The first-order valence-corrected chi connectivity index (χ1v) is 8.11. The fourth-order valence-corrected chi connectivity index (χ4v) is 3.38. The predicted octanol–water partition coefficient (Wildman–Crippen LogP) is 1.69. The van der Waals surface area contributed by atoms with E-state index in [0.717, 1.165) is 11.8 Å². The quantitative estimate of drug-likeness (QED) is 0.599. The number of aromatic nitrogens is 2. The van der Waals surface area contributed by atoms with E-state index in [0.29, 0.717) is 14.6 Å². The van der Waals surface area contributed by atoms with Crippen molar-refractivity contribution in [2.75, 3.05) is 11.9 Å². The van der Waals surface area contributed by atoms with Crippen LogP contribution in [-0.4, -0.2) is 28.5 Å². The Kier molecular flexibility index (Phi) is 5.73. The molecule has 126 valence electrons. The van der Waals surface area contributed by atoms with E-state index in [-0.39, 0.29) is 0 Å². The zero-order valence-corrected chi connectivity index (χ0v) is 15.4. The van der Waals surface area contributed by atoms with Gasteiger partial charge in [0, 0.05) is 15.1 Å². The Bertz CT molecular complexity index is 896. The first-order chi connectivity index (χ1) is 11.3. The molecule has 2 rings (SSSR count). The molecule has 1 aromatic heterocycles. The fourth-order valence-electron chi connectivity index (χ4n) is 1.77. The Morgan fingerprint density at radius 1 is 1.21 bits per heavy atom. The van der Waals surface area contributed by atoms with Gasteiger partial charge in [-0.1, -0.05) is 0 Å². The van der Waals surface area contributed by atoms with Gasteiger partial charge in [-0.3, -0.25) is 14.6 Å². The third-order valence-electron chi connectivity index (χ3n) is 2.82. The number of rotatable bonds is 4. The highest BCUT2D eigenvalue weighted by atomic mass is 79.9. The van der Waals surface area contributed by atoms with E-state index < -0.39 is 35.3 Å². The summed E-state index contributed by atoms with van der Waals surface area (Å²) in [6.45, 7) is 1.30. The molecule has 2 aromatic rings. The van der Waals surface area contributed by atoms with Gasteiger partial charge in [0.1, 0.15) is 5.56 Å². The molecule has 0 aliphatic heterocycles. The molecule has 3 N–H and O–H groups in total. The van der Waals surface area contributed by atoms with Crippen molar-refractivity contribution in [2.45, 2.75) is 6.92 Å². The summed E-state index contributed by atoms with van der Waals surface area (Å²) in [6.07, 6.45) is 0.925. The topological polar surface area (TPSA) is 121 Å². The number of nitrogens with one attached hydrogen (secondary N) is 3. The number of halogens is 2. The molecule has 0 aliphatic rings. The molecule has 0 spiro atoms. The molecule has 1 aromatic carbocycles. The standard InChI is InChI=1S/C14H11Br2N3O5/c1-6-2-8(15)11(9(16)3-6)18-10(20)5-24-13(22)7-4-17-14(23)19-12(7)21/h2-4H,5H2,1H3,(H,18,20)(H2,17,19,21,23). The van der Waals surface area contributed by atoms with Crippen molar-refractivity contribution in [1.82, 2.24) is 9.97 Å². The highest BCUT2D eigenvalue weighted by Gasteiger charge is 2.16. The zero-order valence-electron chi connectivity index (χ0n) is 12.2. The maximum Gasteiger partial charge on any atom is 0.345 e. The van der Waals surface area contributed by atoms with Crippen LogP contribution in [0.3, 0.4) is 0 Å². The first-order valence-electron chi connectivity index (χ1n) is 6.52. The Morgan fingerprint density at radius 2 is 1.83 bits per heavy atom. The number of hydrogen-bond donors (Lipinski definition) is 3. The van der Waals surface area contributed by atoms with Gasteiger partial charge in [-0.25, -0.2) is 9.59 Å². The van der Waals surface area contributed by atoms with Gasteiger partial charge in [-0.2, -0.15) is 0 Å². The number of hydrogen-bond acceptors (Lipinski definition) is 5. The fraction of sp³-hybridized carbons (Fsp3) is 0.143. The van der Waals surface area contributed by atoms with Gasteiger partial charge < -0.3 is 15.0 Å². The number of anilines is 1. The summed E-state index contributed by atoms with van der Waals surface area (Å²) in [6, 6.07) is 3.62. The molecule has 0 radical (unpaired) electrons. The number of aromatic amines is 2. The predicted molar refractivity (Wildman–Crippen MR) is 93.2 cm³/mol. The number of benzene rings is 1. The van der Waals surface area contributed by atoms with Gasteiger partial charge in [0.15, 0.2) is 6.61 Å². The minimum atomic E-state index is -1.02. The average Bonchev–Trinajstić information content (AvgIpc) is 2.48. The number of carbonyl (C=O) groups is 2. The first kappa shape index (κ1) is 18.1. The van der Waals surface area contributed by atoms with Crippen LogP contribution in [0.1, 0.15) is 15.9 Å². The number of H-pyrrole nitrogens is 2. The molecule has 0 saturated heterocycles.